The minimum absolute atomic E-state index is 0.637. The lowest BCUT2D eigenvalue weighted by molar-refractivity contribution is -0.150. The van der Waals surface area contributed by atoms with Crippen molar-refractivity contribution in [2.45, 2.75) is 11.1 Å². The second-order valence-corrected chi connectivity index (χ2v) is 4.20. The standard InChI is InChI=1S/C8H6BrF3OS/c9-6-1-3-7(4-2-6)14-13-5-8(10,11)12/h1-4H,5H2. The first-order valence-electron chi connectivity index (χ1n) is 3.59. The first-order valence-corrected chi connectivity index (χ1v) is 5.12. The lowest BCUT2D eigenvalue weighted by Gasteiger charge is -2.05. The van der Waals surface area contributed by atoms with Crippen LogP contribution in [0.5, 0.6) is 0 Å². The Morgan fingerprint density at radius 3 is 2.29 bits per heavy atom. The SMILES string of the molecule is FC(F)(F)COSc1ccc(Br)cc1. The van der Waals surface area contributed by atoms with E-state index in [-0.39, 0.29) is 0 Å². The van der Waals surface area contributed by atoms with Crippen LogP contribution in [0, 0.1) is 0 Å². The summed E-state index contributed by atoms with van der Waals surface area (Å²) < 4.78 is 40.3. The molecule has 14 heavy (non-hydrogen) atoms. The summed E-state index contributed by atoms with van der Waals surface area (Å²) in [6, 6.07) is 6.81. The van der Waals surface area contributed by atoms with Crippen LogP contribution in [0.3, 0.4) is 0 Å². The molecule has 0 saturated carbocycles. The summed E-state index contributed by atoms with van der Waals surface area (Å²) in [6.07, 6.45) is -4.28. The van der Waals surface area contributed by atoms with Gasteiger partial charge >= 0.3 is 6.18 Å². The molecule has 0 spiro atoms. The van der Waals surface area contributed by atoms with Gasteiger partial charge in [0.2, 0.25) is 0 Å². The summed E-state index contributed by atoms with van der Waals surface area (Å²) in [5.41, 5.74) is 0. The molecule has 0 unspecified atom stereocenters. The van der Waals surface area contributed by atoms with E-state index in [4.69, 9.17) is 0 Å². The van der Waals surface area contributed by atoms with E-state index in [1.165, 1.54) is 0 Å². The van der Waals surface area contributed by atoms with Crippen molar-refractivity contribution in [1.82, 2.24) is 0 Å². The van der Waals surface area contributed by atoms with Gasteiger partial charge in [0.05, 0.1) is 0 Å². The van der Waals surface area contributed by atoms with Gasteiger partial charge in [-0.1, -0.05) is 15.9 Å². The van der Waals surface area contributed by atoms with Gasteiger partial charge in [0, 0.05) is 21.4 Å². The molecule has 0 amide bonds. The number of hydrogen-bond acceptors (Lipinski definition) is 2. The summed E-state index contributed by atoms with van der Waals surface area (Å²) in [7, 11) is 0. The molecule has 0 saturated heterocycles. The molecule has 0 radical (unpaired) electrons. The molecule has 0 fully saturated rings. The van der Waals surface area contributed by atoms with Crippen molar-refractivity contribution in [3.05, 3.63) is 28.7 Å². The van der Waals surface area contributed by atoms with E-state index in [0.717, 1.165) is 4.47 Å². The molecular formula is C8H6BrF3OS. The van der Waals surface area contributed by atoms with Gasteiger partial charge in [0.25, 0.3) is 0 Å². The highest BCUT2D eigenvalue weighted by atomic mass is 79.9. The van der Waals surface area contributed by atoms with Gasteiger partial charge in [-0.2, -0.15) is 13.2 Å². The molecule has 0 aromatic heterocycles. The maximum absolute atomic E-state index is 11.7. The van der Waals surface area contributed by atoms with Crippen LogP contribution in [0.1, 0.15) is 0 Å². The minimum Gasteiger partial charge on any atom is -0.301 e. The predicted octanol–water partition coefficient (Wildman–Crippen LogP) is 4.04. The summed E-state index contributed by atoms with van der Waals surface area (Å²) in [5.74, 6) is 0. The fourth-order valence-corrected chi connectivity index (χ4v) is 1.49. The quantitative estimate of drug-likeness (QED) is 0.776. The van der Waals surface area contributed by atoms with Gasteiger partial charge in [-0.15, -0.1) is 0 Å². The largest absolute Gasteiger partial charge is 0.413 e. The van der Waals surface area contributed by atoms with Crippen LogP contribution >= 0.6 is 28.0 Å². The maximum Gasteiger partial charge on any atom is 0.413 e. The topological polar surface area (TPSA) is 9.23 Å². The van der Waals surface area contributed by atoms with Crippen LogP contribution in [0.2, 0.25) is 0 Å². The van der Waals surface area contributed by atoms with Crippen LogP contribution in [-0.2, 0) is 4.18 Å². The Balaban J connectivity index is 2.35. The van der Waals surface area contributed by atoms with Crippen molar-refractivity contribution >= 4 is 28.0 Å². The molecule has 6 heteroatoms. The molecule has 0 aliphatic carbocycles. The average molecular weight is 287 g/mol. The van der Waals surface area contributed by atoms with Crippen molar-refractivity contribution in [3.63, 3.8) is 0 Å². The fraction of sp³-hybridized carbons (Fsp3) is 0.250. The van der Waals surface area contributed by atoms with Gasteiger partial charge in [-0.25, -0.2) is 0 Å². The fourth-order valence-electron chi connectivity index (χ4n) is 0.654. The molecule has 1 aromatic rings. The first kappa shape index (κ1) is 11.9. The zero-order valence-corrected chi connectivity index (χ0v) is 9.25. The highest BCUT2D eigenvalue weighted by molar-refractivity contribution is 9.10. The monoisotopic (exact) mass is 286 g/mol. The number of alkyl halides is 3. The van der Waals surface area contributed by atoms with Crippen LogP contribution < -0.4 is 0 Å². The van der Waals surface area contributed by atoms with Gasteiger partial charge in [-0.3, -0.25) is 0 Å². The maximum atomic E-state index is 11.7. The van der Waals surface area contributed by atoms with E-state index in [9.17, 15) is 13.2 Å². The second kappa shape index (κ2) is 5.04. The number of rotatable bonds is 3. The minimum atomic E-state index is -4.28. The Bertz CT molecular complexity index is 286. The first-order chi connectivity index (χ1) is 6.47. The lowest BCUT2D eigenvalue weighted by Crippen LogP contribution is -2.14. The second-order valence-electron chi connectivity index (χ2n) is 2.41. The predicted molar refractivity (Wildman–Crippen MR) is 52.0 cm³/mol. The smallest absolute Gasteiger partial charge is 0.301 e. The highest BCUT2D eigenvalue weighted by Crippen LogP contribution is 2.24. The van der Waals surface area contributed by atoms with Crippen molar-refractivity contribution in [3.8, 4) is 0 Å². The summed E-state index contributed by atoms with van der Waals surface area (Å²) >= 11 is 3.93. The molecule has 1 aromatic carbocycles. The average Bonchev–Trinajstić information content (AvgIpc) is 2.06. The van der Waals surface area contributed by atoms with E-state index in [1.807, 2.05) is 0 Å². The zero-order valence-electron chi connectivity index (χ0n) is 6.84. The van der Waals surface area contributed by atoms with Gasteiger partial charge in [-0.05, 0) is 24.3 Å². The Hall–Kier alpha value is -0.200. The normalized spacial score (nSPS) is 11.7. The number of halogens is 4. The molecule has 0 aliphatic heterocycles. The van der Waals surface area contributed by atoms with E-state index >= 15 is 0 Å². The van der Waals surface area contributed by atoms with Gasteiger partial charge < -0.3 is 4.18 Å². The summed E-state index contributed by atoms with van der Waals surface area (Å²) in [6.45, 7) is -1.24. The van der Waals surface area contributed by atoms with Crippen molar-refractivity contribution in [1.29, 1.82) is 0 Å². The Labute approximate surface area is 92.0 Å². The van der Waals surface area contributed by atoms with Crippen LogP contribution in [0.25, 0.3) is 0 Å². The molecule has 1 rings (SSSR count). The molecule has 0 atom stereocenters. The third-order valence-corrected chi connectivity index (χ3v) is 2.42. The van der Waals surface area contributed by atoms with Gasteiger partial charge in [0.15, 0.2) is 6.61 Å². The number of benzene rings is 1. The van der Waals surface area contributed by atoms with E-state index < -0.39 is 12.8 Å². The Morgan fingerprint density at radius 1 is 1.21 bits per heavy atom. The molecule has 1 nitrogen and oxygen atoms in total. The molecule has 78 valence electrons. The van der Waals surface area contributed by atoms with Gasteiger partial charge in [0.1, 0.15) is 0 Å². The third-order valence-electron chi connectivity index (χ3n) is 1.19. The summed E-state index contributed by atoms with van der Waals surface area (Å²) in [5, 5.41) is 0. The van der Waals surface area contributed by atoms with Crippen LogP contribution in [0.4, 0.5) is 13.2 Å². The van der Waals surface area contributed by atoms with E-state index in [1.54, 1.807) is 24.3 Å². The highest BCUT2D eigenvalue weighted by Gasteiger charge is 2.27. The van der Waals surface area contributed by atoms with E-state index in [2.05, 4.69) is 20.1 Å². The Morgan fingerprint density at radius 2 is 1.79 bits per heavy atom. The zero-order chi connectivity index (χ0) is 10.6. The molecule has 0 N–H and O–H groups in total. The lowest BCUT2D eigenvalue weighted by atomic mass is 10.4. The molecular weight excluding hydrogens is 281 g/mol. The number of hydrogen-bond donors (Lipinski definition) is 0. The van der Waals surface area contributed by atoms with Crippen molar-refractivity contribution < 1.29 is 17.4 Å². The summed E-state index contributed by atoms with van der Waals surface area (Å²) in [4.78, 5) is 0.637. The molecule has 0 heterocycles. The van der Waals surface area contributed by atoms with Crippen LogP contribution in [0.15, 0.2) is 33.6 Å². The molecule has 0 bridgehead atoms. The van der Waals surface area contributed by atoms with Crippen molar-refractivity contribution in [2.24, 2.45) is 0 Å². The third kappa shape index (κ3) is 4.88. The van der Waals surface area contributed by atoms with Crippen molar-refractivity contribution in [2.75, 3.05) is 6.61 Å². The Kier molecular flexibility index (Phi) is 4.28. The van der Waals surface area contributed by atoms with E-state index in [0.29, 0.717) is 16.9 Å². The van der Waals surface area contributed by atoms with Crippen LogP contribution in [-0.4, -0.2) is 12.8 Å². The molecule has 0 aliphatic rings.